The number of hydrogen-bond donors (Lipinski definition) is 0. The molecule has 3 heteroatoms. The van der Waals surface area contributed by atoms with E-state index in [1.807, 2.05) is 0 Å². The van der Waals surface area contributed by atoms with Gasteiger partial charge in [-0.15, -0.1) is 10.2 Å². The van der Waals surface area contributed by atoms with Crippen LogP contribution in [0.5, 0.6) is 0 Å². The molecule has 3 atom stereocenters. The smallest absolute Gasteiger partial charge is 0.159 e. The Morgan fingerprint density at radius 2 is 1.47 bits per heavy atom. The van der Waals surface area contributed by atoms with Crippen molar-refractivity contribution in [3.05, 3.63) is 53.6 Å². The van der Waals surface area contributed by atoms with Crippen molar-refractivity contribution in [1.29, 1.82) is 0 Å². The van der Waals surface area contributed by atoms with Gasteiger partial charge in [-0.05, 0) is 49.7 Å². The van der Waals surface area contributed by atoms with E-state index in [4.69, 9.17) is 10.2 Å². The summed E-state index contributed by atoms with van der Waals surface area (Å²) < 4.78 is 0. The minimum Gasteiger partial charge on any atom is -0.354 e. The van der Waals surface area contributed by atoms with Crippen LogP contribution in [-0.2, 0) is 0 Å². The molecule has 0 saturated heterocycles. The number of nitrogens with zero attached hydrogens (tertiary/aromatic N) is 3. The molecule has 0 bridgehead atoms. The molecule has 1 unspecified atom stereocenters. The van der Waals surface area contributed by atoms with Crippen LogP contribution in [0.3, 0.4) is 0 Å². The SMILES string of the molecule is Cc1cccc(C)c1-c1nnc(N(C)C2CCC[C@H]3CCCC[C@H]23)c2ccccc12. The molecule has 3 nitrogen and oxygen atoms in total. The predicted molar refractivity (Wildman–Crippen MR) is 126 cm³/mol. The van der Waals surface area contributed by atoms with Crippen LogP contribution < -0.4 is 4.90 Å². The minimum atomic E-state index is 0.591. The molecule has 0 N–H and O–H groups in total. The number of fused-ring (bicyclic) bond motifs is 2. The van der Waals surface area contributed by atoms with Crippen molar-refractivity contribution in [1.82, 2.24) is 10.2 Å². The summed E-state index contributed by atoms with van der Waals surface area (Å²) in [4.78, 5) is 2.48. The number of rotatable bonds is 3. The third kappa shape index (κ3) is 3.29. The summed E-state index contributed by atoms with van der Waals surface area (Å²) in [5.74, 6) is 2.78. The normalized spacial score (nSPS) is 23.9. The van der Waals surface area contributed by atoms with Gasteiger partial charge in [0, 0.05) is 29.4 Å². The zero-order valence-electron chi connectivity index (χ0n) is 18.6. The first-order valence-corrected chi connectivity index (χ1v) is 11.7. The maximum Gasteiger partial charge on any atom is 0.159 e. The molecular weight excluding hydrogens is 366 g/mol. The van der Waals surface area contributed by atoms with E-state index < -0.39 is 0 Å². The molecule has 2 aliphatic rings. The van der Waals surface area contributed by atoms with Crippen molar-refractivity contribution in [2.24, 2.45) is 11.8 Å². The Balaban J connectivity index is 1.60. The molecule has 0 spiro atoms. The number of anilines is 1. The van der Waals surface area contributed by atoms with E-state index >= 15 is 0 Å². The van der Waals surface area contributed by atoms with Gasteiger partial charge in [-0.2, -0.15) is 0 Å². The molecule has 2 aromatic carbocycles. The lowest BCUT2D eigenvalue weighted by Crippen LogP contribution is -2.45. The zero-order chi connectivity index (χ0) is 20.7. The fourth-order valence-corrected chi connectivity index (χ4v) is 6.27. The molecule has 2 fully saturated rings. The van der Waals surface area contributed by atoms with Gasteiger partial charge in [0.25, 0.3) is 0 Å². The molecule has 30 heavy (non-hydrogen) atoms. The fourth-order valence-electron chi connectivity index (χ4n) is 6.27. The van der Waals surface area contributed by atoms with Crippen LogP contribution in [-0.4, -0.2) is 23.3 Å². The Bertz CT molecular complexity index is 1030. The van der Waals surface area contributed by atoms with E-state index in [2.05, 4.69) is 68.3 Å². The fraction of sp³-hybridized carbons (Fsp3) is 0.481. The van der Waals surface area contributed by atoms with Gasteiger partial charge in [-0.25, -0.2) is 0 Å². The van der Waals surface area contributed by atoms with Gasteiger partial charge in [0.05, 0.1) is 0 Å². The second kappa shape index (κ2) is 8.02. The summed E-state index contributed by atoms with van der Waals surface area (Å²) >= 11 is 0. The first kappa shape index (κ1) is 19.5. The lowest BCUT2D eigenvalue weighted by Gasteiger charge is -2.45. The first-order valence-electron chi connectivity index (χ1n) is 11.7. The summed E-state index contributed by atoms with van der Waals surface area (Å²) in [6.45, 7) is 4.34. The zero-order valence-corrected chi connectivity index (χ0v) is 18.6. The highest BCUT2D eigenvalue weighted by Crippen LogP contribution is 2.44. The maximum absolute atomic E-state index is 4.85. The van der Waals surface area contributed by atoms with Crippen molar-refractivity contribution in [2.75, 3.05) is 11.9 Å². The third-order valence-electron chi connectivity index (χ3n) is 7.75. The second-order valence-electron chi connectivity index (χ2n) is 9.50. The van der Waals surface area contributed by atoms with Crippen LogP contribution in [0.4, 0.5) is 5.82 Å². The van der Waals surface area contributed by atoms with Crippen molar-refractivity contribution < 1.29 is 0 Å². The highest BCUT2D eigenvalue weighted by Gasteiger charge is 2.37. The van der Waals surface area contributed by atoms with Crippen LogP contribution in [0.15, 0.2) is 42.5 Å². The molecule has 3 aromatic rings. The van der Waals surface area contributed by atoms with Crippen LogP contribution in [0.1, 0.15) is 56.1 Å². The average Bonchev–Trinajstić information content (AvgIpc) is 2.78. The van der Waals surface area contributed by atoms with E-state index in [0.717, 1.165) is 23.3 Å². The lowest BCUT2D eigenvalue weighted by molar-refractivity contribution is 0.143. The van der Waals surface area contributed by atoms with Crippen molar-refractivity contribution in [3.8, 4) is 11.3 Å². The second-order valence-corrected chi connectivity index (χ2v) is 9.50. The van der Waals surface area contributed by atoms with Crippen LogP contribution >= 0.6 is 0 Å². The summed E-state index contributed by atoms with van der Waals surface area (Å²) in [6.07, 6.45) is 9.67. The topological polar surface area (TPSA) is 29.0 Å². The molecule has 0 aliphatic heterocycles. The monoisotopic (exact) mass is 399 g/mol. The molecule has 1 heterocycles. The van der Waals surface area contributed by atoms with Crippen molar-refractivity contribution >= 4 is 16.6 Å². The maximum atomic E-state index is 4.85. The van der Waals surface area contributed by atoms with Crippen molar-refractivity contribution in [3.63, 3.8) is 0 Å². The van der Waals surface area contributed by atoms with Gasteiger partial charge < -0.3 is 4.90 Å². The summed E-state index contributed by atoms with van der Waals surface area (Å²) in [6, 6.07) is 15.8. The first-order chi connectivity index (χ1) is 14.6. The molecule has 1 aromatic heterocycles. The van der Waals surface area contributed by atoms with Gasteiger partial charge in [-0.1, -0.05) is 74.6 Å². The number of aryl methyl sites for hydroxylation is 2. The van der Waals surface area contributed by atoms with E-state index in [-0.39, 0.29) is 0 Å². The molecule has 2 saturated carbocycles. The summed E-state index contributed by atoms with van der Waals surface area (Å²) in [5, 5.41) is 12.1. The largest absolute Gasteiger partial charge is 0.354 e. The molecule has 5 rings (SSSR count). The quantitative estimate of drug-likeness (QED) is 0.490. The van der Waals surface area contributed by atoms with Gasteiger partial charge in [0.15, 0.2) is 5.82 Å². The van der Waals surface area contributed by atoms with Crippen molar-refractivity contribution in [2.45, 2.75) is 64.8 Å². The molecule has 0 amide bonds. The van der Waals surface area contributed by atoms with Crippen LogP contribution in [0, 0.1) is 25.7 Å². The Hall–Kier alpha value is -2.42. The average molecular weight is 400 g/mol. The minimum absolute atomic E-state index is 0.591. The van der Waals surface area contributed by atoms with E-state index in [0.29, 0.717) is 6.04 Å². The number of hydrogen-bond acceptors (Lipinski definition) is 3. The molecular formula is C27H33N3. The lowest BCUT2D eigenvalue weighted by atomic mass is 9.68. The number of aromatic nitrogens is 2. The van der Waals surface area contributed by atoms with Gasteiger partial charge in [0.1, 0.15) is 5.69 Å². The Labute approximate surface area is 180 Å². The molecule has 2 aliphatic carbocycles. The summed E-state index contributed by atoms with van der Waals surface area (Å²) in [7, 11) is 2.26. The van der Waals surface area contributed by atoms with E-state index in [1.54, 1.807) is 0 Å². The highest BCUT2D eigenvalue weighted by atomic mass is 15.3. The van der Waals surface area contributed by atoms with Gasteiger partial charge >= 0.3 is 0 Å². The highest BCUT2D eigenvalue weighted by molar-refractivity contribution is 6.01. The molecule has 0 radical (unpaired) electrons. The van der Waals surface area contributed by atoms with Gasteiger partial charge in [-0.3, -0.25) is 0 Å². The predicted octanol–water partition coefficient (Wildman–Crippen LogP) is 6.71. The van der Waals surface area contributed by atoms with Crippen LogP contribution in [0.25, 0.3) is 22.0 Å². The van der Waals surface area contributed by atoms with E-state index in [1.165, 1.54) is 72.4 Å². The number of benzene rings is 2. The third-order valence-corrected chi connectivity index (χ3v) is 7.75. The van der Waals surface area contributed by atoms with Crippen LogP contribution in [0.2, 0.25) is 0 Å². The standard InChI is InChI=1S/C27H33N3/c1-18-10-8-11-19(2)25(18)26-22-15-6-7-16-23(22)27(29-28-26)30(3)24-17-9-13-20-12-4-5-14-21(20)24/h6-8,10-11,15-16,20-21,24H,4-5,9,12-14,17H2,1-3H3/t20-,21+,24?/m1/s1. The summed E-state index contributed by atoms with van der Waals surface area (Å²) in [5.41, 5.74) is 4.75. The Morgan fingerprint density at radius 3 is 2.27 bits per heavy atom. The van der Waals surface area contributed by atoms with Gasteiger partial charge in [0.2, 0.25) is 0 Å². The Kier molecular flexibility index (Phi) is 5.22. The van der Waals surface area contributed by atoms with E-state index in [9.17, 15) is 0 Å². The Morgan fingerprint density at radius 1 is 0.767 bits per heavy atom. The molecule has 156 valence electrons.